The molecule has 4 nitrogen and oxygen atoms in total. The van der Waals surface area contributed by atoms with Gasteiger partial charge in [-0.2, -0.15) is 0 Å². The number of aliphatic carboxylic acids is 1. The molecule has 182 valence electrons. The molecule has 1 aromatic carbocycles. The van der Waals surface area contributed by atoms with Gasteiger partial charge in [-0.3, -0.25) is 9.59 Å². The number of hydrogen-bond acceptors (Lipinski definition) is 2. The average Bonchev–Trinajstić information content (AvgIpc) is 3.10. The third kappa shape index (κ3) is 2.95. The van der Waals surface area contributed by atoms with Gasteiger partial charge in [-0.1, -0.05) is 31.0 Å². The Morgan fingerprint density at radius 3 is 2.41 bits per heavy atom. The van der Waals surface area contributed by atoms with E-state index in [-0.39, 0.29) is 17.2 Å². The maximum absolute atomic E-state index is 13.3. The zero-order valence-corrected chi connectivity index (χ0v) is 20.3. The predicted molar refractivity (Wildman–Crippen MR) is 131 cm³/mol. The summed E-state index contributed by atoms with van der Waals surface area (Å²) in [6.07, 6.45) is 15.1. The molecule has 6 saturated carbocycles. The van der Waals surface area contributed by atoms with E-state index in [0.717, 1.165) is 49.6 Å². The second kappa shape index (κ2) is 7.34. The monoisotopic (exact) mass is 461 g/mol. The van der Waals surface area contributed by atoms with Crippen molar-refractivity contribution in [1.82, 2.24) is 0 Å². The summed E-state index contributed by atoms with van der Waals surface area (Å²) >= 11 is 0. The molecule has 0 saturated heterocycles. The number of nitrogens with one attached hydrogen (secondary N) is 1. The van der Waals surface area contributed by atoms with Crippen LogP contribution in [0.15, 0.2) is 30.3 Å². The van der Waals surface area contributed by atoms with E-state index in [2.05, 4.69) is 5.32 Å². The molecule has 9 atom stereocenters. The number of anilines is 1. The van der Waals surface area contributed by atoms with Crippen molar-refractivity contribution < 1.29 is 14.7 Å². The van der Waals surface area contributed by atoms with Crippen LogP contribution in [-0.2, 0) is 9.59 Å². The van der Waals surface area contributed by atoms with E-state index in [4.69, 9.17) is 0 Å². The van der Waals surface area contributed by atoms with Crippen LogP contribution in [0, 0.1) is 51.8 Å². The predicted octanol–water partition coefficient (Wildman–Crippen LogP) is 6.52. The molecule has 7 rings (SSSR count). The third-order valence-corrected chi connectivity index (χ3v) is 12.1. The molecule has 9 unspecified atom stereocenters. The van der Waals surface area contributed by atoms with Crippen LogP contribution < -0.4 is 5.32 Å². The molecule has 6 bridgehead atoms. The number of carboxylic acid groups (broad SMARTS) is 1. The molecule has 0 aliphatic heterocycles. The van der Waals surface area contributed by atoms with Gasteiger partial charge in [0.15, 0.2) is 0 Å². The van der Waals surface area contributed by atoms with Crippen LogP contribution in [0.3, 0.4) is 0 Å². The van der Waals surface area contributed by atoms with Crippen molar-refractivity contribution in [3.63, 3.8) is 0 Å². The first-order chi connectivity index (χ1) is 16.4. The third-order valence-electron chi connectivity index (χ3n) is 12.1. The van der Waals surface area contributed by atoms with Gasteiger partial charge >= 0.3 is 5.97 Å². The minimum absolute atomic E-state index is 0.126. The van der Waals surface area contributed by atoms with Crippen molar-refractivity contribution in [1.29, 1.82) is 0 Å². The number of benzene rings is 1. The van der Waals surface area contributed by atoms with Gasteiger partial charge in [0.05, 0.1) is 5.41 Å². The molecule has 0 spiro atoms. The van der Waals surface area contributed by atoms with E-state index in [9.17, 15) is 14.7 Å². The molecule has 34 heavy (non-hydrogen) atoms. The summed E-state index contributed by atoms with van der Waals surface area (Å²) in [6, 6.07) is 9.91. The Labute approximate surface area is 203 Å². The van der Waals surface area contributed by atoms with Crippen LogP contribution in [0.4, 0.5) is 5.69 Å². The highest BCUT2D eigenvalue weighted by atomic mass is 16.4. The summed E-state index contributed by atoms with van der Waals surface area (Å²) < 4.78 is 0. The number of amides is 1. The van der Waals surface area contributed by atoms with Gasteiger partial charge in [0.1, 0.15) is 0 Å². The first kappa shape index (κ1) is 21.4. The van der Waals surface area contributed by atoms with Gasteiger partial charge in [0.25, 0.3) is 0 Å². The Hall–Kier alpha value is -1.84. The highest BCUT2D eigenvalue weighted by Crippen LogP contribution is 2.77. The van der Waals surface area contributed by atoms with E-state index >= 15 is 0 Å². The van der Waals surface area contributed by atoms with Crippen LogP contribution in [-0.4, -0.2) is 17.0 Å². The lowest BCUT2D eigenvalue weighted by Gasteiger charge is -2.55. The zero-order chi connectivity index (χ0) is 23.1. The number of hydrogen-bond donors (Lipinski definition) is 2. The van der Waals surface area contributed by atoms with Crippen molar-refractivity contribution in [3.05, 3.63) is 30.3 Å². The van der Waals surface area contributed by atoms with Gasteiger partial charge in [0, 0.05) is 11.6 Å². The molecule has 0 aromatic heterocycles. The fraction of sp³-hybridized carbons (Fsp3) is 0.733. The largest absolute Gasteiger partial charge is 0.481 e. The van der Waals surface area contributed by atoms with Gasteiger partial charge in [-0.25, -0.2) is 0 Å². The molecule has 0 heterocycles. The lowest BCUT2D eigenvalue weighted by Crippen LogP contribution is -2.46. The van der Waals surface area contributed by atoms with Crippen LogP contribution >= 0.6 is 0 Å². The molecular formula is C30H39NO3. The lowest BCUT2D eigenvalue weighted by atomic mass is 9.50. The summed E-state index contributed by atoms with van der Waals surface area (Å²) in [5.74, 6) is 3.05. The number of rotatable bonds is 4. The fourth-order valence-corrected chi connectivity index (χ4v) is 11.1. The smallest absolute Gasteiger partial charge is 0.309 e. The Morgan fingerprint density at radius 2 is 1.62 bits per heavy atom. The molecule has 6 aliphatic rings. The summed E-state index contributed by atoms with van der Waals surface area (Å²) in [4.78, 5) is 26.0. The minimum Gasteiger partial charge on any atom is -0.481 e. The zero-order valence-electron chi connectivity index (χ0n) is 20.3. The molecule has 2 N–H and O–H groups in total. The average molecular weight is 462 g/mol. The van der Waals surface area contributed by atoms with Gasteiger partial charge in [-0.05, 0) is 123 Å². The summed E-state index contributed by atoms with van der Waals surface area (Å²) in [7, 11) is 0. The van der Waals surface area contributed by atoms with E-state index in [1.165, 1.54) is 51.4 Å². The van der Waals surface area contributed by atoms with Crippen molar-refractivity contribution in [2.45, 2.75) is 83.5 Å². The second-order valence-corrected chi connectivity index (χ2v) is 13.6. The van der Waals surface area contributed by atoms with E-state index < -0.39 is 11.4 Å². The SMILES string of the molecule is O=C(Nc1ccccc1)C1CC2CC3CC(C45CC6CCCC(C(=O)O)(C4)C(C6)C5)(C2)CC3C1. The highest BCUT2D eigenvalue weighted by Gasteiger charge is 2.71. The number of carbonyl (C=O) groups excluding carboxylic acids is 1. The Balaban J connectivity index is 1.16. The van der Waals surface area contributed by atoms with Crippen LogP contribution in [0.25, 0.3) is 0 Å². The van der Waals surface area contributed by atoms with Gasteiger partial charge in [-0.15, -0.1) is 0 Å². The van der Waals surface area contributed by atoms with Crippen LogP contribution in [0.1, 0.15) is 83.5 Å². The fourth-order valence-electron chi connectivity index (χ4n) is 11.1. The van der Waals surface area contributed by atoms with Crippen molar-refractivity contribution in [2.75, 3.05) is 5.32 Å². The van der Waals surface area contributed by atoms with Gasteiger partial charge < -0.3 is 10.4 Å². The van der Waals surface area contributed by atoms with Crippen molar-refractivity contribution >= 4 is 17.6 Å². The number of carbonyl (C=O) groups is 2. The second-order valence-electron chi connectivity index (χ2n) is 13.6. The molecule has 4 heteroatoms. The lowest BCUT2D eigenvalue weighted by molar-refractivity contribution is -0.152. The van der Waals surface area contributed by atoms with Crippen LogP contribution in [0.5, 0.6) is 0 Å². The first-order valence-corrected chi connectivity index (χ1v) is 14.0. The number of para-hydroxylation sites is 1. The summed E-state index contributed by atoms with van der Waals surface area (Å²) in [5, 5.41) is 13.7. The molecule has 1 amide bonds. The van der Waals surface area contributed by atoms with Crippen molar-refractivity contribution in [3.8, 4) is 0 Å². The molecule has 6 aliphatic carbocycles. The van der Waals surface area contributed by atoms with E-state index in [1.54, 1.807) is 0 Å². The molecule has 6 fully saturated rings. The number of fused-ring (bicyclic) bond motifs is 5. The normalized spacial score (nSPS) is 48.4. The Bertz CT molecular complexity index is 1000. The maximum Gasteiger partial charge on any atom is 0.309 e. The summed E-state index contributed by atoms with van der Waals surface area (Å²) in [5.41, 5.74) is 1.07. The van der Waals surface area contributed by atoms with Gasteiger partial charge in [0.2, 0.25) is 5.91 Å². The molecule has 1 aromatic rings. The quantitative estimate of drug-likeness (QED) is 0.536. The van der Waals surface area contributed by atoms with Crippen LogP contribution in [0.2, 0.25) is 0 Å². The minimum atomic E-state index is -0.485. The Kier molecular flexibility index (Phi) is 4.63. The molecular weight excluding hydrogens is 422 g/mol. The highest BCUT2D eigenvalue weighted by molar-refractivity contribution is 5.92. The van der Waals surface area contributed by atoms with E-state index in [1.807, 2.05) is 30.3 Å². The van der Waals surface area contributed by atoms with Crippen molar-refractivity contribution in [2.24, 2.45) is 51.8 Å². The van der Waals surface area contributed by atoms with E-state index in [0.29, 0.717) is 23.2 Å². The topological polar surface area (TPSA) is 66.4 Å². The maximum atomic E-state index is 13.3. The first-order valence-electron chi connectivity index (χ1n) is 14.0. The molecule has 0 radical (unpaired) electrons. The number of carboxylic acids is 1. The summed E-state index contributed by atoms with van der Waals surface area (Å²) in [6.45, 7) is 0. The Morgan fingerprint density at radius 1 is 0.853 bits per heavy atom. The standard InChI is InChI=1S/C30H39NO3/c32-26(31-25-6-2-1-3-7-25)21-9-20-10-22-15-28(14-20,16-23(22)12-21)29-13-19-5-4-8-30(18-29,27(33)34)24(11-19)17-29/h1-3,6-7,19-24H,4-5,8-18H2,(H,31,32)(H,33,34).